The Hall–Kier alpha value is -2.81. The number of benzene rings is 2. The molecule has 3 nitrogen and oxygen atoms in total. The Morgan fingerprint density at radius 1 is 0.905 bits per heavy atom. The summed E-state index contributed by atoms with van der Waals surface area (Å²) in [5, 5.41) is 0. The summed E-state index contributed by atoms with van der Waals surface area (Å²) in [6, 6.07) is 19.8. The molecule has 0 bridgehead atoms. The van der Waals surface area contributed by atoms with Crippen LogP contribution in [0.4, 0.5) is 0 Å². The Labute approximate surface area is 123 Å². The van der Waals surface area contributed by atoms with E-state index in [1.165, 1.54) is 7.11 Å². The monoisotopic (exact) mass is 277 g/mol. The molecule has 0 amide bonds. The van der Waals surface area contributed by atoms with Crippen molar-refractivity contribution < 1.29 is 9.53 Å². The van der Waals surface area contributed by atoms with Crippen LogP contribution in [0.15, 0.2) is 66.9 Å². The second-order valence-corrected chi connectivity index (χ2v) is 4.68. The molecule has 0 aliphatic rings. The normalized spacial score (nSPS) is 10.3. The highest BCUT2D eigenvalue weighted by Gasteiger charge is 2.20. The molecule has 0 saturated carbocycles. The molecular formula is C18H15NO2. The average molecular weight is 277 g/mol. The SMILES string of the molecule is COC(=O)c1[nH]cc(-c2ccccc2)c1-c1ccccc1. The van der Waals surface area contributed by atoms with Crippen molar-refractivity contribution in [3.63, 3.8) is 0 Å². The molecule has 0 aliphatic carbocycles. The molecule has 104 valence electrons. The Bertz CT molecular complexity index is 745. The van der Waals surface area contributed by atoms with Crippen molar-refractivity contribution in [3.05, 3.63) is 72.6 Å². The average Bonchev–Trinajstić information content (AvgIpc) is 3.00. The summed E-state index contributed by atoms with van der Waals surface area (Å²) in [5.41, 5.74) is 4.37. The minimum absolute atomic E-state index is 0.365. The predicted molar refractivity (Wildman–Crippen MR) is 83.0 cm³/mol. The molecule has 1 heterocycles. The van der Waals surface area contributed by atoms with Crippen LogP contribution in [-0.2, 0) is 4.74 Å². The van der Waals surface area contributed by atoms with Crippen LogP contribution in [0.2, 0.25) is 0 Å². The van der Waals surface area contributed by atoms with E-state index in [0.717, 1.165) is 22.3 Å². The number of carbonyl (C=O) groups excluding carboxylic acids is 1. The van der Waals surface area contributed by atoms with Crippen LogP contribution in [0.25, 0.3) is 22.3 Å². The molecule has 3 rings (SSSR count). The maximum absolute atomic E-state index is 12.0. The summed E-state index contributed by atoms with van der Waals surface area (Å²) in [7, 11) is 1.39. The molecular weight excluding hydrogens is 262 g/mol. The van der Waals surface area contributed by atoms with E-state index in [9.17, 15) is 4.79 Å². The highest BCUT2D eigenvalue weighted by Crippen LogP contribution is 2.35. The van der Waals surface area contributed by atoms with Gasteiger partial charge in [-0.25, -0.2) is 4.79 Å². The Balaban J connectivity index is 2.23. The van der Waals surface area contributed by atoms with Gasteiger partial charge in [0.05, 0.1) is 7.11 Å². The number of methoxy groups -OCH3 is 1. The lowest BCUT2D eigenvalue weighted by molar-refractivity contribution is 0.0596. The van der Waals surface area contributed by atoms with E-state index in [1.807, 2.05) is 66.9 Å². The van der Waals surface area contributed by atoms with Crippen molar-refractivity contribution in [1.29, 1.82) is 0 Å². The zero-order valence-corrected chi connectivity index (χ0v) is 11.7. The summed E-state index contributed by atoms with van der Waals surface area (Å²) >= 11 is 0. The van der Waals surface area contributed by atoms with Gasteiger partial charge in [0.1, 0.15) is 5.69 Å². The quantitative estimate of drug-likeness (QED) is 0.731. The van der Waals surface area contributed by atoms with E-state index in [-0.39, 0.29) is 5.97 Å². The van der Waals surface area contributed by atoms with Gasteiger partial charge < -0.3 is 9.72 Å². The minimum Gasteiger partial charge on any atom is -0.464 e. The van der Waals surface area contributed by atoms with Crippen LogP contribution < -0.4 is 0 Å². The van der Waals surface area contributed by atoms with E-state index in [4.69, 9.17) is 4.74 Å². The largest absolute Gasteiger partial charge is 0.464 e. The Kier molecular flexibility index (Phi) is 3.56. The maximum Gasteiger partial charge on any atom is 0.355 e. The first-order valence-corrected chi connectivity index (χ1v) is 6.72. The molecule has 0 radical (unpaired) electrons. The number of aromatic nitrogens is 1. The van der Waals surface area contributed by atoms with Gasteiger partial charge in [-0.05, 0) is 11.1 Å². The van der Waals surface area contributed by atoms with Crippen molar-refractivity contribution in [2.45, 2.75) is 0 Å². The topological polar surface area (TPSA) is 42.1 Å². The number of rotatable bonds is 3. The molecule has 2 aromatic carbocycles. The Morgan fingerprint density at radius 2 is 1.48 bits per heavy atom. The first-order chi connectivity index (χ1) is 10.3. The first-order valence-electron chi connectivity index (χ1n) is 6.72. The van der Waals surface area contributed by atoms with Gasteiger partial charge in [-0.1, -0.05) is 60.7 Å². The van der Waals surface area contributed by atoms with Crippen molar-refractivity contribution in [1.82, 2.24) is 4.98 Å². The molecule has 3 heteroatoms. The predicted octanol–water partition coefficient (Wildman–Crippen LogP) is 4.14. The highest BCUT2D eigenvalue weighted by molar-refractivity contribution is 6.01. The van der Waals surface area contributed by atoms with Crippen molar-refractivity contribution in [2.75, 3.05) is 7.11 Å². The lowest BCUT2D eigenvalue weighted by Gasteiger charge is -2.07. The number of H-pyrrole nitrogens is 1. The molecule has 0 atom stereocenters. The molecule has 1 aromatic heterocycles. The Morgan fingerprint density at radius 3 is 2.05 bits per heavy atom. The number of nitrogens with one attached hydrogen (secondary N) is 1. The summed E-state index contributed by atoms with van der Waals surface area (Å²) in [5.74, 6) is -0.365. The molecule has 0 saturated heterocycles. The van der Waals surface area contributed by atoms with Crippen molar-refractivity contribution in [2.24, 2.45) is 0 Å². The van der Waals surface area contributed by atoms with Crippen molar-refractivity contribution in [3.8, 4) is 22.3 Å². The lowest BCUT2D eigenvalue weighted by atomic mass is 9.97. The zero-order chi connectivity index (χ0) is 14.7. The van der Waals surface area contributed by atoms with Gasteiger partial charge in [0, 0.05) is 17.3 Å². The van der Waals surface area contributed by atoms with Crippen LogP contribution in [0, 0.1) is 0 Å². The fourth-order valence-electron chi connectivity index (χ4n) is 2.44. The van der Waals surface area contributed by atoms with Gasteiger partial charge in [0.25, 0.3) is 0 Å². The third-order valence-electron chi connectivity index (χ3n) is 3.42. The number of carbonyl (C=O) groups is 1. The lowest BCUT2D eigenvalue weighted by Crippen LogP contribution is -2.03. The van der Waals surface area contributed by atoms with E-state index in [0.29, 0.717) is 5.69 Å². The molecule has 21 heavy (non-hydrogen) atoms. The van der Waals surface area contributed by atoms with Gasteiger partial charge in [0.15, 0.2) is 0 Å². The second-order valence-electron chi connectivity index (χ2n) is 4.68. The minimum atomic E-state index is -0.365. The third-order valence-corrected chi connectivity index (χ3v) is 3.42. The molecule has 0 fully saturated rings. The van der Waals surface area contributed by atoms with Gasteiger partial charge in [-0.3, -0.25) is 0 Å². The number of ether oxygens (including phenoxy) is 1. The number of hydrogen-bond acceptors (Lipinski definition) is 2. The van der Waals surface area contributed by atoms with Crippen LogP contribution in [-0.4, -0.2) is 18.1 Å². The third kappa shape index (κ3) is 2.46. The van der Waals surface area contributed by atoms with E-state index in [2.05, 4.69) is 4.98 Å². The van der Waals surface area contributed by atoms with Crippen LogP contribution >= 0.6 is 0 Å². The molecule has 0 aliphatic heterocycles. The summed E-state index contributed by atoms with van der Waals surface area (Å²) < 4.78 is 4.88. The molecule has 1 N–H and O–H groups in total. The fourth-order valence-corrected chi connectivity index (χ4v) is 2.44. The first kappa shape index (κ1) is 13.2. The van der Waals surface area contributed by atoms with Gasteiger partial charge in [0.2, 0.25) is 0 Å². The summed E-state index contributed by atoms with van der Waals surface area (Å²) in [6.45, 7) is 0. The highest BCUT2D eigenvalue weighted by atomic mass is 16.5. The van der Waals surface area contributed by atoms with Crippen LogP contribution in [0.3, 0.4) is 0 Å². The van der Waals surface area contributed by atoms with Gasteiger partial charge in [-0.2, -0.15) is 0 Å². The van der Waals surface area contributed by atoms with E-state index < -0.39 is 0 Å². The fraction of sp³-hybridized carbons (Fsp3) is 0.0556. The summed E-state index contributed by atoms with van der Waals surface area (Å²) in [4.78, 5) is 15.0. The zero-order valence-electron chi connectivity index (χ0n) is 11.7. The van der Waals surface area contributed by atoms with Crippen LogP contribution in [0.1, 0.15) is 10.5 Å². The number of esters is 1. The van der Waals surface area contributed by atoms with Crippen molar-refractivity contribution >= 4 is 5.97 Å². The smallest absolute Gasteiger partial charge is 0.355 e. The molecule has 0 spiro atoms. The van der Waals surface area contributed by atoms with E-state index in [1.54, 1.807) is 0 Å². The van der Waals surface area contributed by atoms with Gasteiger partial charge in [-0.15, -0.1) is 0 Å². The second kappa shape index (κ2) is 5.67. The van der Waals surface area contributed by atoms with Crippen LogP contribution in [0.5, 0.6) is 0 Å². The molecule has 0 unspecified atom stereocenters. The standard InChI is InChI=1S/C18H15NO2/c1-21-18(20)17-16(14-10-6-3-7-11-14)15(12-19-17)13-8-4-2-5-9-13/h2-12,19H,1H3. The summed E-state index contributed by atoms with van der Waals surface area (Å²) in [6.07, 6.45) is 1.85. The number of aromatic amines is 1. The maximum atomic E-state index is 12.0. The van der Waals surface area contributed by atoms with E-state index >= 15 is 0 Å². The van der Waals surface area contributed by atoms with Gasteiger partial charge >= 0.3 is 5.97 Å². The number of hydrogen-bond donors (Lipinski definition) is 1. The molecule has 3 aromatic rings.